The number of para-hydroxylation sites is 1. The number of aromatic nitrogens is 2. The Bertz CT molecular complexity index is 990. The molecule has 1 unspecified atom stereocenters. The molecule has 3 aromatic rings. The van der Waals surface area contributed by atoms with Gasteiger partial charge in [0.25, 0.3) is 5.91 Å². The van der Waals surface area contributed by atoms with Crippen LogP contribution >= 0.6 is 11.3 Å². The number of carbonyl (C=O) groups excluding carboxylic acids is 1. The van der Waals surface area contributed by atoms with Crippen LogP contribution in [0.4, 0.5) is 5.13 Å². The molecule has 1 amide bonds. The maximum atomic E-state index is 13.0. The second-order valence-electron chi connectivity index (χ2n) is 8.24. The molecule has 0 spiro atoms. The molecule has 1 atom stereocenters. The molecule has 1 aromatic carbocycles. The molecule has 1 aliphatic carbocycles. The second kappa shape index (κ2) is 7.80. The third-order valence-corrected chi connectivity index (χ3v) is 6.98. The van der Waals surface area contributed by atoms with Gasteiger partial charge in [-0.2, -0.15) is 0 Å². The van der Waals surface area contributed by atoms with Gasteiger partial charge in [0.2, 0.25) is 0 Å². The third kappa shape index (κ3) is 4.02. The van der Waals surface area contributed by atoms with Gasteiger partial charge in [-0.1, -0.05) is 42.4 Å². The lowest BCUT2D eigenvalue weighted by Gasteiger charge is -2.25. The first-order chi connectivity index (χ1) is 14.2. The fraction of sp³-hybridized carbons (Fsp3) is 0.455. The average Bonchev–Trinajstić information content (AvgIpc) is 3.30. The van der Waals surface area contributed by atoms with Crippen molar-refractivity contribution in [3.63, 3.8) is 0 Å². The summed E-state index contributed by atoms with van der Waals surface area (Å²) in [5, 5.41) is 15.0. The standard InChI is InChI=1S/C22H26N4O2S/c27-13-15(9-14-5-6-14)11-23-22-25-18-7-8-26(12-20(18)29-22)21(28)19-10-16-3-1-2-4-17(16)24-19/h1-4,10,14-15,24,27H,5-9,11-13H2,(H,23,25). The summed E-state index contributed by atoms with van der Waals surface area (Å²) in [6.07, 6.45) is 4.50. The topological polar surface area (TPSA) is 81.2 Å². The number of aromatic amines is 1. The molecule has 0 radical (unpaired) electrons. The number of nitrogens with zero attached hydrogens (tertiary/aromatic N) is 2. The highest BCUT2D eigenvalue weighted by Gasteiger charge is 2.27. The molecule has 5 rings (SSSR count). The van der Waals surface area contributed by atoms with Crippen molar-refractivity contribution in [1.29, 1.82) is 0 Å². The van der Waals surface area contributed by atoms with Gasteiger partial charge in [-0.05, 0) is 30.4 Å². The molecule has 6 nitrogen and oxygen atoms in total. The van der Waals surface area contributed by atoms with Gasteiger partial charge in [-0.3, -0.25) is 4.79 Å². The quantitative estimate of drug-likeness (QED) is 0.555. The van der Waals surface area contributed by atoms with E-state index < -0.39 is 0 Å². The van der Waals surface area contributed by atoms with Crippen molar-refractivity contribution >= 4 is 33.3 Å². The van der Waals surface area contributed by atoms with Gasteiger partial charge in [0.1, 0.15) is 5.69 Å². The van der Waals surface area contributed by atoms with Gasteiger partial charge in [0.15, 0.2) is 5.13 Å². The van der Waals surface area contributed by atoms with Gasteiger partial charge in [0.05, 0.1) is 12.2 Å². The van der Waals surface area contributed by atoms with E-state index in [4.69, 9.17) is 4.98 Å². The number of anilines is 1. The molecule has 0 bridgehead atoms. The lowest BCUT2D eigenvalue weighted by Crippen LogP contribution is -2.35. The number of aliphatic hydroxyl groups is 1. The summed E-state index contributed by atoms with van der Waals surface area (Å²) < 4.78 is 0. The van der Waals surface area contributed by atoms with E-state index >= 15 is 0 Å². The van der Waals surface area contributed by atoms with E-state index in [1.165, 1.54) is 12.8 Å². The average molecular weight is 411 g/mol. The first kappa shape index (κ1) is 18.6. The van der Waals surface area contributed by atoms with Crippen molar-refractivity contribution in [2.24, 2.45) is 11.8 Å². The Labute approximate surface area is 174 Å². The highest BCUT2D eigenvalue weighted by molar-refractivity contribution is 7.15. The molecule has 0 saturated heterocycles. The minimum Gasteiger partial charge on any atom is -0.396 e. The van der Waals surface area contributed by atoms with E-state index in [1.807, 2.05) is 35.2 Å². The summed E-state index contributed by atoms with van der Waals surface area (Å²) >= 11 is 1.64. The van der Waals surface area contributed by atoms with E-state index in [2.05, 4.69) is 10.3 Å². The number of fused-ring (bicyclic) bond motifs is 2. The van der Waals surface area contributed by atoms with E-state index in [9.17, 15) is 9.90 Å². The predicted octanol–water partition coefficient (Wildman–Crippen LogP) is 3.64. The number of hydrogen-bond acceptors (Lipinski definition) is 5. The van der Waals surface area contributed by atoms with E-state index in [0.717, 1.165) is 51.9 Å². The zero-order valence-electron chi connectivity index (χ0n) is 16.4. The smallest absolute Gasteiger partial charge is 0.270 e. The van der Waals surface area contributed by atoms with E-state index in [1.54, 1.807) is 11.3 Å². The van der Waals surface area contributed by atoms with E-state index in [-0.39, 0.29) is 12.5 Å². The Balaban J connectivity index is 1.24. The maximum Gasteiger partial charge on any atom is 0.270 e. The van der Waals surface area contributed by atoms with Crippen molar-refractivity contribution in [3.05, 3.63) is 46.6 Å². The molecule has 3 N–H and O–H groups in total. The minimum absolute atomic E-state index is 0.0412. The molecule has 29 heavy (non-hydrogen) atoms. The number of benzene rings is 1. The lowest BCUT2D eigenvalue weighted by atomic mass is 10.0. The zero-order chi connectivity index (χ0) is 19.8. The highest BCUT2D eigenvalue weighted by atomic mass is 32.1. The maximum absolute atomic E-state index is 13.0. The summed E-state index contributed by atoms with van der Waals surface area (Å²) in [5.74, 6) is 1.14. The van der Waals surface area contributed by atoms with Gasteiger partial charge >= 0.3 is 0 Å². The summed E-state index contributed by atoms with van der Waals surface area (Å²) in [6.45, 7) is 2.28. The predicted molar refractivity (Wildman–Crippen MR) is 115 cm³/mol. The number of nitrogens with one attached hydrogen (secondary N) is 2. The van der Waals surface area contributed by atoms with Gasteiger partial charge in [-0.15, -0.1) is 0 Å². The third-order valence-electron chi connectivity index (χ3n) is 5.94. The van der Waals surface area contributed by atoms with Crippen molar-refractivity contribution in [2.45, 2.75) is 32.2 Å². The minimum atomic E-state index is 0.0412. The van der Waals surface area contributed by atoms with Crippen LogP contribution in [0.5, 0.6) is 0 Å². The Hall–Kier alpha value is -2.38. The molecule has 2 aliphatic rings. The first-order valence-electron chi connectivity index (χ1n) is 10.4. The Morgan fingerprint density at radius 2 is 2.24 bits per heavy atom. The summed E-state index contributed by atoms with van der Waals surface area (Å²) in [6, 6.07) is 9.89. The number of rotatable bonds is 7. The molecule has 3 heterocycles. The summed E-state index contributed by atoms with van der Waals surface area (Å²) in [7, 11) is 0. The van der Waals surface area contributed by atoms with Crippen LogP contribution in [0.3, 0.4) is 0 Å². The lowest BCUT2D eigenvalue weighted by molar-refractivity contribution is 0.0731. The zero-order valence-corrected chi connectivity index (χ0v) is 17.2. The van der Waals surface area contributed by atoms with Gasteiger partial charge in [0, 0.05) is 41.9 Å². The largest absolute Gasteiger partial charge is 0.396 e. The fourth-order valence-electron chi connectivity index (χ4n) is 4.08. The SMILES string of the molecule is O=C(c1cc2ccccc2[nH]1)N1CCc2nc(NCC(CO)CC3CC3)sc2C1. The van der Waals surface area contributed by atoms with Crippen LogP contribution in [0.1, 0.15) is 40.3 Å². The number of aliphatic hydroxyl groups excluding tert-OH is 1. The first-order valence-corrected chi connectivity index (χ1v) is 11.2. The number of H-pyrrole nitrogens is 1. The Morgan fingerprint density at radius 3 is 3.03 bits per heavy atom. The van der Waals surface area contributed by atoms with Crippen LogP contribution in [0, 0.1) is 11.8 Å². The van der Waals surface area contributed by atoms with Crippen LogP contribution in [0.25, 0.3) is 10.9 Å². The van der Waals surface area contributed by atoms with Crippen molar-refractivity contribution in [3.8, 4) is 0 Å². The molecule has 7 heteroatoms. The molecule has 2 aromatic heterocycles. The number of thiazole rings is 1. The number of hydrogen-bond donors (Lipinski definition) is 3. The Morgan fingerprint density at radius 1 is 1.38 bits per heavy atom. The van der Waals surface area contributed by atoms with Gasteiger partial charge < -0.3 is 20.3 Å². The highest BCUT2D eigenvalue weighted by Crippen LogP contribution is 2.35. The van der Waals surface area contributed by atoms with Crippen LogP contribution in [-0.2, 0) is 13.0 Å². The summed E-state index contributed by atoms with van der Waals surface area (Å²) in [4.78, 5) is 24.0. The second-order valence-corrected chi connectivity index (χ2v) is 9.33. The Kier molecular flexibility index (Phi) is 5.01. The molecule has 1 aliphatic heterocycles. The molecular formula is C22H26N4O2S. The van der Waals surface area contributed by atoms with Crippen LogP contribution < -0.4 is 5.32 Å². The van der Waals surface area contributed by atoms with Crippen molar-refractivity contribution in [2.75, 3.05) is 25.0 Å². The molecule has 1 saturated carbocycles. The van der Waals surface area contributed by atoms with Crippen LogP contribution in [-0.4, -0.2) is 45.6 Å². The molecular weight excluding hydrogens is 384 g/mol. The van der Waals surface area contributed by atoms with Crippen LogP contribution in [0.15, 0.2) is 30.3 Å². The molecule has 152 valence electrons. The number of carbonyl (C=O) groups is 1. The summed E-state index contributed by atoms with van der Waals surface area (Å²) in [5.41, 5.74) is 2.73. The monoisotopic (exact) mass is 410 g/mol. The van der Waals surface area contributed by atoms with E-state index in [0.29, 0.717) is 24.7 Å². The van der Waals surface area contributed by atoms with Crippen LogP contribution in [0.2, 0.25) is 0 Å². The number of amides is 1. The molecule has 1 fully saturated rings. The van der Waals surface area contributed by atoms with Crippen molar-refractivity contribution in [1.82, 2.24) is 14.9 Å². The fourth-order valence-corrected chi connectivity index (χ4v) is 5.11. The van der Waals surface area contributed by atoms with Gasteiger partial charge in [-0.25, -0.2) is 4.98 Å². The normalized spacial score (nSPS) is 17.3. The van der Waals surface area contributed by atoms with Crippen molar-refractivity contribution < 1.29 is 9.90 Å².